The standard InChI is InChI=1S/C20H29N3O/c1-19(2)11-18(12-20(3,4)22-19)23(14-17-7-10-24-15-17)13-16-5-8-21-9-6-16/h5-10,15,18,22H,11-14H2,1-4H3. The van der Waals surface area contributed by atoms with Crippen LogP contribution in [0.25, 0.3) is 0 Å². The highest BCUT2D eigenvalue weighted by atomic mass is 16.3. The number of hydrogen-bond acceptors (Lipinski definition) is 4. The highest BCUT2D eigenvalue weighted by molar-refractivity contribution is 5.12. The van der Waals surface area contributed by atoms with Gasteiger partial charge in [-0.25, -0.2) is 0 Å². The van der Waals surface area contributed by atoms with E-state index in [9.17, 15) is 0 Å². The molecule has 3 heterocycles. The Hall–Kier alpha value is -1.65. The summed E-state index contributed by atoms with van der Waals surface area (Å²) in [7, 11) is 0. The molecular formula is C20H29N3O. The van der Waals surface area contributed by atoms with Gasteiger partial charge in [-0.3, -0.25) is 9.88 Å². The molecule has 4 nitrogen and oxygen atoms in total. The first-order valence-electron chi connectivity index (χ1n) is 8.76. The molecule has 2 aromatic rings. The second-order valence-electron chi connectivity index (χ2n) is 8.35. The largest absolute Gasteiger partial charge is 0.472 e. The molecule has 0 saturated carbocycles. The maximum Gasteiger partial charge on any atom is 0.0947 e. The van der Waals surface area contributed by atoms with Crippen molar-refractivity contribution in [1.82, 2.24) is 15.2 Å². The van der Waals surface area contributed by atoms with E-state index in [2.05, 4.69) is 61.1 Å². The number of piperidine rings is 1. The minimum absolute atomic E-state index is 0.138. The van der Waals surface area contributed by atoms with Crippen LogP contribution in [-0.2, 0) is 13.1 Å². The van der Waals surface area contributed by atoms with Gasteiger partial charge < -0.3 is 9.73 Å². The summed E-state index contributed by atoms with van der Waals surface area (Å²) in [4.78, 5) is 6.73. The van der Waals surface area contributed by atoms with Gasteiger partial charge in [-0.05, 0) is 64.3 Å². The fourth-order valence-electron chi connectivity index (χ4n) is 4.18. The van der Waals surface area contributed by atoms with Crippen LogP contribution in [0.15, 0.2) is 47.5 Å². The van der Waals surface area contributed by atoms with Crippen LogP contribution in [0.2, 0.25) is 0 Å². The summed E-state index contributed by atoms with van der Waals surface area (Å²) in [5.74, 6) is 0. The fourth-order valence-corrected chi connectivity index (χ4v) is 4.18. The third-order valence-corrected chi connectivity index (χ3v) is 4.79. The summed E-state index contributed by atoms with van der Waals surface area (Å²) < 4.78 is 5.29. The lowest BCUT2D eigenvalue weighted by molar-refractivity contribution is 0.0562. The molecule has 0 atom stereocenters. The van der Waals surface area contributed by atoms with Crippen LogP contribution in [0.1, 0.15) is 51.7 Å². The maximum atomic E-state index is 5.29. The fraction of sp³-hybridized carbons (Fsp3) is 0.550. The third-order valence-electron chi connectivity index (χ3n) is 4.79. The highest BCUT2D eigenvalue weighted by Crippen LogP contribution is 2.33. The van der Waals surface area contributed by atoms with Crippen molar-refractivity contribution in [2.45, 2.75) is 70.7 Å². The first-order chi connectivity index (χ1) is 11.3. The Bertz CT molecular complexity index is 618. The Morgan fingerprint density at radius 1 is 1.04 bits per heavy atom. The van der Waals surface area contributed by atoms with Crippen molar-refractivity contribution in [3.8, 4) is 0 Å². The number of pyridine rings is 1. The number of nitrogens with zero attached hydrogens (tertiary/aromatic N) is 2. The zero-order chi connectivity index (χ0) is 17.2. The topological polar surface area (TPSA) is 41.3 Å². The Balaban J connectivity index is 1.83. The summed E-state index contributed by atoms with van der Waals surface area (Å²) in [5.41, 5.74) is 2.82. The van der Waals surface area contributed by atoms with E-state index in [1.165, 1.54) is 11.1 Å². The summed E-state index contributed by atoms with van der Waals surface area (Å²) >= 11 is 0. The van der Waals surface area contributed by atoms with Crippen molar-refractivity contribution in [1.29, 1.82) is 0 Å². The van der Waals surface area contributed by atoms with Gasteiger partial charge in [0.2, 0.25) is 0 Å². The van der Waals surface area contributed by atoms with Gasteiger partial charge in [0.05, 0.1) is 12.5 Å². The zero-order valence-corrected chi connectivity index (χ0v) is 15.2. The van der Waals surface area contributed by atoms with E-state index in [4.69, 9.17) is 4.42 Å². The summed E-state index contributed by atoms with van der Waals surface area (Å²) in [6.07, 6.45) is 9.65. The molecule has 0 spiro atoms. The van der Waals surface area contributed by atoms with E-state index in [1.807, 2.05) is 18.7 Å². The maximum absolute atomic E-state index is 5.29. The van der Waals surface area contributed by atoms with Crippen molar-refractivity contribution in [2.75, 3.05) is 0 Å². The molecule has 1 aliphatic heterocycles. The van der Waals surface area contributed by atoms with Crippen molar-refractivity contribution in [3.63, 3.8) is 0 Å². The first-order valence-corrected chi connectivity index (χ1v) is 8.76. The van der Waals surface area contributed by atoms with Crippen LogP contribution >= 0.6 is 0 Å². The van der Waals surface area contributed by atoms with Crippen LogP contribution < -0.4 is 5.32 Å². The average Bonchev–Trinajstić information content (AvgIpc) is 2.97. The monoisotopic (exact) mass is 327 g/mol. The van der Waals surface area contributed by atoms with Gasteiger partial charge in [0.15, 0.2) is 0 Å². The Labute approximate surface area is 145 Å². The molecule has 4 heteroatoms. The summed E-state index contributed by atoms with van der Waals surface area (Å²) in [6, 6.07) is 6.82. The highest BCUT2D eigenvalue weighted by Gasteiger charge is 2.39. The van der Waals surface area contributed by atoms with E-state index >= 15 is 0 Å². The van der Waals surface area contributed by atoms with Crippen LogP contribution in [-0.4, -0.2) is 27.0 Å². The lowest BCUT2D eigenvalue weighted by atomic mass is 9.79. The smallest absolute Gasteiger partial charge is 0.0947 e. The van der Waals surface area contributed by atoms with E-state index in [0.717, 1.165) is 25.9 Å². The van der Waals surface area contributed by atoms with Gasteiger partial charge >= 0.3 is 0 Å². The van der Waals surface area contributed by atoms with Gasteiger partial charge in [-0.2, -0.15) is 0 Å². The summed E-state index contributed by atoms with van der Waals surface area (Å²) in [5, 5.41) is 3.78. The predicted molar refractivity (Wildman–Crippen MR) is 96.5 cm³/mol. The minimum atomic E-state index is 0.138. The van der Waals surface area contributed by atoms with Crippen LogP contribution in [0.4, 0.5) is 0 Å². The molecule has 0 unspecified atom stereocenters. The zero-order valence-electron chi connectivity index (χ0n) is 15.2. The molecule has 3 rings (SSSR count). The number of nitrogens with one attached hydrogen (secondary N) is 1. The van der Waals surface area contributed by atoms with Crippen molar-refractivity contribution in [2.24, 2.45) is 0 Å². The van der Waals surface area contributed by atoms with Crippen molar-refractivity contribution < 1.29 is 4.42 Å². The Kier molecular flexibility index (Phi) is 4.79. The molecule has 130 valence electrons. The molecule has 1 saturated heterocycles. The molecule has 0 amide bonds. The van der Waals surface area contributed by atoms with E-state index in [-0.39, 0.29) is 11.1 Å². The van der Waals surface area contributed by atoms with E-state index in [0.29, 0.717) is 6.04 Å². The average molecular weight is 327 g/mol. The van der Waals surface area contributed by atoms with Crippen LogP contribution in [0.3, 0.4) is 0 Å². The number of hydrogen-bond donors (Lipinski definition) is 1. The van der Waals surface area contributed by atoms with Crippen molar-refractivity contribution >= 4 is 0 Å². The van der Waals surface area contributed by atoms with Gasteiger partial charge in [0.25, 0.3) is 0 Å². The molecule has 0 aromatic carbocycles. The van der Waals surface area contributed by atoms with Crippen LogP contribution in [0, 0.1) is 0 Å². The van der Waals surface area contributed by atoms with E-state index in [1.54, 1.807) is 6.26 Å². The molecular weight excluding hydrogens is 298 g/mol. The molecule has 1 fully saturated rings. The predicted octanol–water partition coefficient (Wildman–Crippen LogP) is 3.99. The van der Waals surface area contributed by atoms with Crippen molar-refractivity contribution in [3.05, 3.63) is 54.2 Å². The lowest BCUT2D eigenvalue weighted by Gasteiger charge is -2.49. The molecule has 0 aliphatic carbocycles. The normalized spacial score (nSPS) is 20.4. The number of rotatable bonds is 5. The third kappa shape index (κ3) is 4.46. The van der Waals surface area contributed by atoms with Gasteiger partial charge in [-0.1, -0.05) is 0 Å². The Morgan fingerprint density at radius 3 is 2.25 bits per heavy atom. The molecule has 24 heavy (non-hydrogen) atoms. The van der Waals surface area contributed by atoms with Gasteiger partial charge in [0, 0.05) is 48.2 Å². The lowest BCUT2D eigenvalue weighted by Crippen LogP contribution is -2.62. The van der Waals surface area contributed by atoms with Crippen LogP contribution in [0.5, 0.6) is 0 Å². The quantitative estimate of drug-likeness (QED) is 0.902. The summed E-state index contributed by atoms with van der Waals surface area (Å²) in [6.45, 7) is 11.1. The molecule has 2 aromatic heterocycles. The second kappa shape index (κ2) is 6.69. The SMILES string of the molecule is CC1(C)CC(N(Cc2ccncc2)Cc2ccoc2)CC(C)(C)N1. The molecule has 0 bridgehead atoms. The number of furan rings is 1. The molecule has 1 aliphatic rings. The molecule has 0 radical (unpaired) electrons. The second-order valence-corrected chi connectivity index (χ2v) is 8.35. The van der Waals surface area contributed by atoms with Gasteiger partial charge in [-0.15, -0.1) is 0 Å². The van der Waals surface area contributed by atoms with E-state index < -0.39 is 0 Å². The van der Waals surface area contributed by atoms with Gasteiger partial charge in [0.1, 0.15) is 0 Å². The molecule has 1 N–H and O–H groups in total. The Morgan fingerprint density at radius 2 is 1.67 bits per heavy atom. The number of aromatic nitrogens is 1. The minimum Gasteiger partial charge on any atom is -0.472 e. The first kappa shape index (κ1) is 17.2.